The van der Waals surface area contributed by atoms with Crippen molar-refractivity contribution in [1.29, 1.82) is 0 Å². The van der Waals surface area contributed by atoms with Crippen LogP contribution in [0.3, 0.4) is 0 Å². The maximum Gasteiger partial charge on any atom is 0.161 e. The molecule has 1 aliphatic heterocycles. The molecule has 0 aromatic heterocycles. The number of ether oxygens (including phenoxy) is 2. The average Bonchev–Trinajstić information content (AvgIpc) is 2.60. The van der Waals surface area contributed by atoms with Crippen LogP contribution in [0.25, 0.3) is 0 Å². The van der Waals surface area contributed by atoms with Crippen LogP contribution >= 0.6 is 0 Å². The summed E-state index contributed by atoms with van der Waals surface area (Å²) in [6.45, 7) is 3.73. The standard InChI is InChI=1S/C14H20O3/c1-2-4-12(10-15)11-5-6-13-14(9-11)17-8-3-7-16-13/h5-6,9,12,15H,2-4,7-8,10H2,1H3. The van der Waals surface area contributed by atoms with Crippen LogP contribution in [0, 0.1) is 0 Å². The molecule has 0 radical (unpaired) electrons. The number of rotatable bonds is 4. The molecule has 1 aliphatic rings. The van der Waals surface area contributed by atoms with Crippen LogP contribution in [-0.2, 0) is 0 Å². The van der Waals surface area contributed by atoms with Crippen LogP contribution in [0.5, 0.6) is 11.5 Å². The van der Waals surface area contributed by atoms with Crippen LogP contribution in [0.2, 0.25) is 0 Å². The summed E-state index contributed by atoms with van der Waals surface area (Å²) < 4.78 is 11.2. The van der Waals surface area contributed by atoms with Gasteiger partial charge in [-0.1, -0.05) is 19.4 Å². The third-order valence-corrected chi connectivity index (χ3v) is 3.10. The van der Waals surface area contributed by atoms with Gasteiger partial charge in [-0.25, -0.2) is 0 Å². The van der Waals surface area contributed by atoms with Crippen LogP contribution in [-0.4, -0.2) is 24.9 Å². The van der Waals surface area contributed by atoms with E-state index in [2.05, 4.69) is 6.92 Å². The zero-order valence-corrected chi connectivity index (χ0v) is 10.3. The highest BCUT2D eigenvalue weighted by molar-refractivity contribution is 5.44. The minimum Gasteiger partial charge on any atom is -0.490 e. The van der Waals surface area contributed by atoms with E-state index in [1.54, 1.807) is 0 Å². The number of fused-ring (bicyclic) bond motifs is 1. The third kappa shape index (κ3) is 2.91. The molecule has 0 amide bonds. The highest BCUT2D eigenvalue weighted by atomic mass is 16.5. The summed E-state index contributed by atoms with van der Waals surface area (Å²) in [4.78, 5) is 0. The highest BCUT2D eigenvalue weighted by Gasteiger charge is 2.15. The Kier molecular flexibility index (Phi) is 4.26. The lowest BCUT2D eigenvalue weighted by Gasteiger charge is -2.16. The normalized spacial score (nSPS) is 16.4. The van der Waals surface area contributed by atoms with E-state index < -0.39 is 0 Å². The van der Waals surface area contributed by atoms with Crippen molar-refractivity contribution in [3.8, 4) is 11.5 Å². The molecule has 3 heteroatoms. The molecule has 1 aromatic rings. The molecule has 0 aliphatic carbocycles. The fourth-order valence-electron chi connectivity index (χ4n) is 2.15. The number of benzene rings is 1. The molecule has 1 unspecified atom stereocenters. The Hall–Kier alpha value is -1.22. The van der Waals surface area contributed by atoms with Crippen LogP contribution in [0.1, 0.15) is 37.7 Å². The van der Waals surface area contributed by atoms with Crippen molar-refractivity contribution in [2.45, 2.75) is 32.1 Å². The monoisotopic (exact) mass is 236 g/mol. The molecule has 1 heterocycles. The summed E-state index contributed by atoms with van der Waals surface area (Å²) in [5.74, 6) is 1.84. The van der Waals surface area contributed by atoms with E-state index in [4.69, 9.17) is 9.47 Å². The molecule has 2 rings (SSSR count). The van der Waals surface area contributed by atoms with Gasteiger partial charge in [-0.2, -0.15) is 0 Å². The molecule has 3 nitrogen and oxygen atoms in total. The second-order valence-electron chi connectivity index (χ2n) is 4.42. The van der Waals surface area contributed by atoms with E-state index in [-0.39, 0.29) is 12.5 Å². The second-order valence-corrected chi connectivity index (χ2v) is 4.42. The van der Waals surface area contributed by atoms with Gasteiger partial charge in [0.25, 0.3) is 0 Å². The Morgan fingerprint density at radius 3 is 2.71 bits per heavy atom. The van der Waals surface area contributed by atoms with Gasteiger partial charge in [0.05, 0.1) is 13.2 Å². The van der Waals surface area contributed by atoms with Crippen molar-refractivity contribution in [2.24, 2.45) is 0 Å². The first-order valence-electron chi connectivity index (χ1n) is 6.35. The lowest BCUT2D eigenvalue weighted by atomic mass is 9.95. The Morgan fingerprint density at radius 2 is 2.00 bits per heavy atom. The summed E-state index contributed by atoms with van der Waals surface area (Å²) >= 11 is 0. The first-order valence-corrected chi connectivity index (χ1v) is 6.35. The molecule has 0 saturated heterocycles. The topological polar surface area (TPSA) is 38.7 Å². The van der Waals surface area contributed by atoms with Crippen molar-refractivity contribution in [3.63, 3.8) is 0 Å². The van der Waals surface area contributed by atoms with Crippen molar-refractivity contribution in [3.05, 3.63) is 23.8 Å². The Morgan fingerprint density at radius 1 is 1.24 bits per heavy atom. The minimum absolute atomic E-state index is 0.188. The van der Waals surface area contributed by atoms with E-state index >= 15 is 0 Å². The fourth-order valence-corrected chi connectivity index (χ4v) is 2.15. The molecule has 1 N–H and O–H groups in total. The Balaban J connectivity index is 2.21. The molecule has 0 spiro atoms. The van der Waals surface area contributed by atoms with Crippen molar-refractivity contribution in [1.82, 2.24) is 0 Å². The molecular formula is C14H20O3. The third-order valence-electron chi connectivity index (χ3n) is 3.10. The highest BCUT2D eigenvalue weighted by Crippen LogP contribution is 2.33. The lowest BCUT2D eigenvalue weighted by molar-refractivity contribution is 0.258. The van der Waals surface area contributed by atoms with E-state index in [0.29, 0.717) is 13.2 Å². The van der Waals surface area contributed by atoms with Gasteiger partial charge in [0.1, 0.15) is 0 Å². The van der Waals surface area contributed by atoms with Gasteiger partial charge in [0.15, 0.2) is 11.5 Å². The summed E-state index contributed by atoms with van der Waals surface area (Å²) in [6.07, 6.45) is 2.98. The SMILES string of the molecule is CCCC(CO)c1ccc2c(c1)OCCCO2. The van der Waals surface area contributed by atoms with Gasteiger partial charge in [-0.3, -0.25) is 0 Å². The molecule has 0 fully saturated rings. The maximum absolute atomic E-state index is 9.40. The zero-order valence-electron chi connectivity index (χ0n) is 10.3. The predicted molar refractivity (Wildman–Crippen MR) is 66.8 cm³/mol. The number of aliphatic hydroxyl groups excluding tert-OH is 1. The predicted octanol–water partition coefficient (Wildman–Crippen LogP) is 2.72. The Labute approximate surface area is 102 Å². The van der Waals surface area contributed by atoms with Crippen molar-refractivity contribution >= 4 is 0 Å². The molecule has 0 saturated carbocycles. The number of aliphatic hydroxyl groups is 1. The molecule has 1 aromatic carbocycles. The summed E-state index contributed by atoms with van der Waals surface area (Å²) in [5, 5.41) is 9.40. The van der Waals surface area contributed by atoms with Crippen LogP contribution < -0.4 is 9.47 Å². The van der Waals surface area contributed by atoms with Crippen molar-refractivity contribution in [2.75, 3.05) is 19.8 Å². The zero-order chi connectivity index (χ0) is 12.1. The molecule has 0 bridgehead atoms. The number of hydrogen-bond acceptors (Lipinski definition) is 3. The smallest absolute Gasteiger partial charge is 0.161 e. The lowest BCUT2D eigenvalue weighted by Crippen LogP contribution is -2.04. The van der Waals surface area contributed by atoms with Crippen LogP contribution in [0.15, 0.2) is 18.2 Å². The van der Waals surface area contributed by atoms with Gasteiger partial charge < -0.3 is 14.6 Å². The average molecular weight is 236 g/mol. The van der Waals surface area contributed by atoms with E-state index in [1.165, 1.54) is 0 Å². The van der Waals surface area contributed by atoms with Gasteiger partial charge >= 0.3 is 0 Å². The maximum atomic E-state index is 9.40. The molecular weight excluding hydrogens is 216 g/mol. The van der Waals surface area contributed by atoms with E-state index in [9.17, 15) is 5.11 Å². The van der Waals surface area contributed by atoms with Crippen LogP contribution in [0.4, 0.5) is 0 Å². The first kappa shape index (κ1) is 12.2. The number of hydrogen-bond donors (Lipinski definition) is 1. The van der Waals surface area contributed by atoms with Gasteiger partial charge in [-0.15, -0.1) is 0 Å². The fraction of sp³-hybridized carbons (Fsp3) is 0.571. The molecule has 1 atom stereocenters. The van der Waals surface area contributed by atoms with Gasteiger partial charge in [0.2, 0.25) is 0 Å². The van der Waals surface area contributed by atoms with E-state index in [1.807, 2.05) is 18.2 Å². The van der Waals surface area contributed by atoms with Gasteiger partial charge in [-0.05, 0) is 24.1 Å². The summed E-state index contributed by atoms with van der Waals surface area (Å²) in [7, 11) is 0. The largest absolute Gasteiger partial charge is 0.490 e. The molecule has 17 heavy (non-hydrogen) atoms. The van der Waals surface area contributed by atoms with Gasteiger partial charge in [0, 0.05) is 18.9 Å². The minimum atomic E-state index is 0.188. The summed E-state index contributed by atoms with van der Waals surface area (Å²) in [5.41, 5.74) is 1.14. The Bertz CT molecular complexity index is 362. The van der Waals surface area contributed by atoms with Crippen molar-refractivity contribution < 1.29 is 14.6 Å². The van der Waals surface area contributed by atoms with E-state index in [0.717, 1.165) is 36.3 Å². The quantitative estimate of drug-likeness (QED) is 0.873. The molecule has 94 valence electrons. The second kappa shape index (κ2) is 5.92. The summed E-state index contributed by atoms with van der Waals surface area (Å²) in [6, 6.07) is 6.00. The first-order chi connectivity index (χ1) is 8.35.